The van der Waals surface area contributed by atoms with Crippen LogP contribution in [0, 0.1) is 0 Å². The lowest BCUT2D eigenvalue weighted by molar-refractivity contribution is 0.971. The molecule has 0 fully saturated rings. The summed E-state index contributed by atoms with van der Waals surface area (Å²) in [6.45, 7) is 0.535. The second-order valence-corrected chi connectivity index (χ2v) is 17.3. The third-order valence-electron chi connectivity index (χ3n) is 1.75. The van der Waals surface area contributed by atoms with Crippen molar-refractivity contribution in [1.29, 1.82) is 0 Å². The summed E-state index contributed by atoms with van der Waals surface area (Å²) in [6.07, 6.45) is -2.52. The van der Waals surface area contributed by atoms with Gasteiger partial charge in [0.15, 0.2) is 4.94 Å². The molecule has 0 radical (unpaired) electrons. The highest BCUT2D eigenvalue weighted by atomic mass is 36.0. The van der Waals surface area contributed by atoms with Gasteiger partial charge in [-0.1, -0.05) is 58.0 Å². The summed E-state index contributed by atoms with van der Waals surface area (Å²) >= 11 is 29.3. The van der Waals surface area contributed by atoms with Gasteiger partial charge in [0, 0.05) is 0 Å². The van der Waals surface area contributed by atoms with Gasteiger partial charge in [-0.3, -0.25) is 0 Å². The zero-order chi connectivity index (χ0) is 13.1. The molecule has 0 aliphatic heterocycles. The van der Waals surface area contributed by atoms with Crippen LogP contribution in [0.25, 0.3) is 0 Å². The molecule has 0 heterocycles. The molecule has 0 saturated carbocycles. The molecular formula is C8H10Cl5NP3+. The van der Waals surface area contributed by atoms with E-state index in [1.807, 2.05) is 24.3 Å². The van der Waals surface area contributed by atoms with Crippen molar-refractivity contribution in [2.45, 2.75) is 6.54 Å². The molecule has 96 valence electrons. The van der Waals surface area contributed by atoms with Gasteiger partial charge >= 0.3 is 6.12 Å². The van der Waals surface area contributed by atoms with E-state index in [1.54, 1.807) is 0 Å². The summed E-state index contributed by atoms with van der Waals surface area (Å²) in [7, 11) is 2.62. The standard InChI is InChI=1S/C8H10Cl5NP3/c9-16(10,11)6-17(12,13)14-5-7-1-3-8(15)4-2-7/h1-4,6,14H,5,15H2/q+1. The maximum absolute atomic E-state index is 6.08. The van der Waals surface area contributed by atoms with Crippen LogP contribution in [0.1, 0.15) is 5.56 Å². The average molecular weight is 390 g/mol. The van der Waals surface area contributed by atoms with Crippen molar-refractivity contribution in [3.05, 3.63) is 29.8 Å². The lowest BCUT2D eigenvalue weighted by atomic mass is 10.2. The van der Waals surface area contributed by atoms with Crippen LogP contribution in [0.5, 0.6) is 0 Å². The highest BCUT2D eigenvalue weighted by Gasteiger charge is 2.35. The summed E-state index contributed by atoms with van der Waals surface area (Å²) in [6, 6.07) is 7.92. The first-order valence-electron chi connectivity index (χ1n) is 4.40. The minimum Gasteiger partial charge on any atom is -0.153 e. The van der Waals surface area contributed by atoms with Crippen LogP contribution in [0.4, 0.5) is 0 Å². The van der Waals surface area contributed by atoms with Crippen LogP contribution in [-0.2, 0) is 6.54 Å². The third kappa shape index (κ3) is 7.84. The summed E-state index contributed by atoms with van der Waals surface area (Å²) in [5.74, 6) is 0. The van der Waals surface area contributed by atoms with E-state index in [-0.39, 0.29) is 0 Å². The second kappa shape index (κ2) is 6.99. The molecule has 0 aliphatic rings. The van der Waals surface area contributed by atoms with Gasteiger partial charge in [-0.05, 0) is 10.9 Å². The van der Waals surface area contributed by atoms with E-state index in [4.69, 9.17) is 56.2 Å². The molecule has 0 amide bonds. The Hall–Kier alpha value is 1.79. The monoisotopic (exact) mass is 388 g/mol. The molecule has 9 heteroatoms. The Labute approximate surface area is 128 Å². The molecule has 1 aromatic carbocycles. The Kier molecular flexibility index (Phi) is 6.92. The van der Waals surface area contributed by atoms with Crippen molar-refractivity contribution in [1.82, 2.24) is 5.09 Å². The molecule has 1 N–H and O–H groups in total. The second-order valence-electron chi connectivity index (χ2n) is 3.23. The first kappa shape index (κ1) is 16.8. The molecule has 0 bridgehead atoms. The molecule has 0 saturated heterocycles. The molecule has 1 rings (SSSR count). The first-order chi connectivity index (χ1) is 7.68. The average Bonchev–Trinajstić information content (AvgIpc) is 2.13. The van der Waals surface area contributed by atoms with Gasteiger partial charge < -0.3 is 0 Å². The van der Waals surface area contributed by atoms with E-state index in [2.05, 4.69) is 14.3 Å². The number of rotatable bonds is 4. The van der Waals surface area contributed by atoms with Crippen LogP contribution >= 0.6 is 76.5 Å². The van der Waals surface area contributed by atoms with Crippen LogP contribution < -0.4 is 10.4 Å². The predicted octanol–water partition coefficient (Wildman–Crippen LogP) is 5.76. The van der Waals surface area contributed by atoms with Gasteiger partial charge in [0.2, 0.25) is 0 Å². The van der Waals surface area contributed by atoms with Crippen molar-refractivity contribution in [3.8, 4) is 0 Å². The van der Waals surface area contributed by atoms with Crippen molar-refractivity contribution >= 4 is 87.3 Å². The van der Waals surface area contributed by atoms with E-state index < -0.39 is 11.1 Å². The minimum absolute atomic E-state index is 0.535. The SMILES string of the molecule is Pc1ccc(CN[P+](Cl)(Cl)C=P(Cl)(Cl)Cl)cc1. The maximum Gasteiger partial charge on any atom is 0.308 e. The molecule has 1 unspecified atom stereocenters. The molecule has 0 spiro atoms. The molecular weight excluding hydrogens is 380 g/mol. The Morgan fingerprint density at radius 3 is 2.18 bits per heavy atom. The molecule has 1 aromatic rings. The van der Waals surface area contributed by atoms with Crippen molar-refractivity contribution in [2.24, 2.45) is 0 Å². The van der Waals surface area contributed by atoms with Crippen molar-refractivity contribution in [2.75, 3.05) is 0 Å². The van der Waals surface area contributed by atoms with E-state index in [0.29, 0.717) is 6.54 Å². The zero-order valence-corrected chi connectivity index (χ0v) is 15.2. The van der Waals surface area contributed by atoms with Crippen LogP contribution in [-0.4, -0.2) is 5.54 Å². The summed E-state index contributed by atoms with van der Waals surface area (Å²) < 4.78 is 0. The van der Waals surface area contributed by atoms with Crippen LogP contribution in [0.2, 0.25) is 0 Å². The Balaban J connectivity index is 2.64. The number of hydrogen-bond acceptors (Lipinski definition) is 1. The Bertz CT molecular complexity index is 419. The Morgan fingerprint density at radius 2 is 1.71 bits per heavy atom. The molecule has 17 heavy (non-hydrogen) atoms. The van der Waals surface area contributed by atoms with Crippen molar-refractivity contribution < 1.29 is 0 Å². The fourth-order valence-electron chi connectivity index (χ4n) is 1.04. The largest absolute Gasteiger partial charge is 0.308 e. The molecule has 0 aliphatic carbocycles. The zero-order valence-electron chi connectivity index (χ0n) is 8.46. The van der Waals surface area contributed by atoms with E-state index in [9.17, 15) is 0 Å². The summed E-state index contributed by atoms with van der Waals surface area (Å²) in [5.41, 5.74) is 2.48. The predicted molar refractivity (Wildman–Crippen MR) is 91.8 cm³/mol. The highest BCUT2D eigenvalue weighted by Crippen LogP contribution is 2.74. The Morgan fingerprint density at radius 1 is 1.18 bits per heavy atom. The normalized spacial score (nSPS) is 12.6. The quantitative estimate of drug-likeness (QED) is 0.645. The molecule has 1 nitrogen and oxygen atoms in total. The molecule has 1 atom stereocenters. The van der Waals surface area contributed by atoms with Gasteiger partial charge in [-0.2, -0.15) is 5.09 Å². The van der Waals surface area contributed by atoms with Gasteiger partial charge in [0.1, 0.15) is 28.0 Å². The number of halogens is 5. The number of benzene rings is 1. The van der Waals surface area contributed by atoms with Gasteiger partial charge in [-0.25, -0.2) is 0 Å². The fraction of sp³-hybridized carbons (Fsp3) is 0.125. The minimum atomic E-state index is -2.66. The highest BCUT2D eigenvalue weighted by molar-refractivity contribution is 8.42. The van der Waals surface area contributed by atoms with Crippen LogP contribution in [0.15, 0.2) is 24.3 Å². The first-order valence-corrected chi connectivity index (χ1v) is 13.2. The lowest BCUT2D eigenvalue weighted by Crippen LogP contribution is -2.09. The lowest BCUT2D eigenvalue weighted by Gasteiger charge is -2.09. The van der Waals surface area contributed by atoms with E-state index in [1.165, 1.54) is 5.54 Å². The number of hydrogen-bond donors (Lipinski definition) is 1. The van der Waals surface area contributed by atoms with Gasteiger partial charge in [-0.15, -0.1) is 9.24 Å². The fourth-order valence-corrected chi connectivity index (χ4v) is 11.9. The van der Waals surface area contributed by atoms with Gasteiger partial charge in [0.05, 0.1) is 6.54 Å². The third-order valence-corrected chi connectivity index (χ3v) is 9.57. The van der Waals surface area contributed by atoms with Crippen molar-refractivity contribution in [3.63, 3.8) is 0 Å². The topological polar surface area (TPSA) is 12.0 Å². The maximum atomic E-state index is 6.08. The van der Waals surface area contributed by atoms with E-state index >= 15 is 0 Å². The van der Waals surface area contributed by atoms with E-state index in [0.717, 1.165) is 10.9 Å². The van der Waals surface area contributed by atoms with Gasteiger partial charge in [0.25, 0.3) is 0 Å². The molecule has 0 aromatic heterocycles. The summed E-state index contributed by atoms with van der Waals surface area (Å²) in [4.78, 5) is -2.66. The summed E-state index contributed by atoms with van der Waals surface area (Å²) in [5, 5.41) is 4.12. The number of nitrogens with one attached hydrogen (secondary N) is 1. The van der Waals surface area contributed by atoms with Crippen LogP contribution in [0.3, 0.4) is 0 Å². The smallest absolute Gasteiger partial charge is 0.153 e.